The first-order valence-electron chi connectivity index (χ1n) is 5.45. The number of rotatable bonds is 3. The molecule has 1 fully saturated rings. The van der Waals surface area contributed by atoms with Crippen LogP contribution in [0.1, 0.15) is 31.2 Å². The summed E-state index contributed by atoms with van der Waals surface area (Å²) >= 11 is 0. The second-order valence-corrected chi connectivity index (χ2v) is 4.58. The predicted octanol–water partition coefficient (Wildman–Crippen LogP) is 0.655. The molecule has 0 amide bonds. The molecule has 1 aromatic rings. The van der Waals surface area contributed by atoms with Gasteiger partial charge in [-0.3, -0.25) is 4.79 Å². The van der Waals surface area contributed by atoms with E-state index in [-0.39, 0.29) is 5.56 Å². The summed E-state index contributed by atoms with van der Waals surface area (Å²) in [6, 6.07) is 0. The Morgan fingerprint density at radius 3 is 2.73 bits per heavy atom. The van der Waals surface area contributed by atoms with Crippen LogP contribution in [0.3, 0.4) is 0 Å². The van der Waals surface area contributed by atoms with Crippen LogP contribution in [0.15, 0.2) is 11.0 Å². The lowest BCUT2D eigenvalue weighted by Gasteiger charge is -2.25. The minimum Gasteiger partial charge on any atom is -0.315 e. The lowest BCUT2D eigenvalue weighted by Crippen LogP contribution is -2.41. The largest absolute Gasteiger partial charge is 0.315 e. The third-order valence-corrected chi connectivity index (χ3v) is 2.69. The highest BCUT2D eigenvalue weighted by atomic mass is 16.1. The maximum absolute atomic E-state index is 11.7. The zero-order valence-corrected chi connectivity index (χ0v) is 9.21. The van der Waals surface area contributed by atoms with Crippen molar-refractivity contribution in [2.24, 2.45) is 5.92 Å². The average Bonchev–Trinajstić information content (AvgIpc) is 2.06. The maximum Gasteiger partial charge on any atom is 0.254 e. The summed E-state index contributed by atoms with van der Waals surface area (Å²) in [5.41, 5.74) is 0.821. The van der Waals surface area contributed by atoms with Gasteiger partial charge in [0.15, 0.2) is 0 Å². The van der Waals surface area contributed by atoms with Crippen LogP contribution < -0.4 is 10.9 Å². The van der Waals surface area contributed by atoms with E-state index in [1.807, 2.05) is 0 Å². The number of hydrogen-bond donors (Lipinski definition) is 2. The number of aromatic amines is 1. The number of nitrogens with zero attached hydrogens (tertiary/aromatic N) is 1. The molecule has 0 radical (unpaired) electrons. The average molecular weight is 207 g/mol. The van der Waals surface area contributed by atoms with Crippen molar-refractivity contribution in [3.8, 4) is 0 Å². The van der Waals surface area contributed by atoms with Crippen LogP contribution in [0.25, 0.3) is 0 Å². The molecule has 4 heteroatoms. The van der Waals surface area contributed by atoms with Crippen molar-refractivity contribution in [3.63, 3.8) is 0 Å². The van der Waals surface area contributed by atoms with E-state index in [0.717, 1.165) is 30.9 Å². The summed E-state index contributed by atoms with van der Waals surface area (Å²) in [7, 11) is 0. The molecule has 0 unspecified atom stereocenters. The molecule has 0 aromatic carbocycles. The zero-order chi connectivity index (χ0) is 10.8. The normalized spacial score (nSPS) is 16.7. The standard InChI is InChI=1S/C11H17N3O/c1-7(2)3-8-6-13-10(14-11(8)15)9-4-12-5-9/h6-7,9,12H,3-5H2,1-2H3,(H,13,14,15). The van der Waals surface area contributed by atoms with Crippen molar-refractivity contribution in [2.45, 2.75) is 26.2 Å². The number of nitrogens with one attached hydrogen (secondary N) is 2. The Bertz CT molecular complexity index is 393. The van der Waals surface area contributed by atoms with Gasteiger partial charge in [0, 0.05) is 30.8 Å². The summed E-state index contributed by atoms with van der Waals surface area (Å²) in [4.78, 5) is 18.9. The second-order valence-electron chi connectivity index (χ2n) is 4.58. The van der Waals surface area contributed by atoms with Crippen LogP contribution in [-0.2, 0) is 6.42 Å². The van der Waals surface area contributed by atoms with E-state index < -0.39 is 0 Å². The first-order valence-corrected chi connectivity index (χ1v) is 5.45. The molecule has 1 aliphatic rings. The van der Waals surface area contributed by atoms with E-state index >= 15 is 0 Å². The van der Waals surface area contributed by atoms with Crippen LogP contribution >= 0.6 is 0 Å². The molecule has 0 spiro atoms. The molecule has 15 heavy (non-hydrogen) atoms. The van der Waals surface area contributed by atoms with Crippen molar-refractivity contribution >= 4 is 0 Å². The second kappa shape index (κ2) is 4.14. The van der Waals surface area contributed by atoms with Gasteiger partial charge in [0.25, 0.3) is 5.56 Å². The molecule has 0 atom stereocenters. The Morgan fingerprint density at radius 2 is 2.27 bits per heavy atom. The number of hydrogen-bond acceptors (Lipinski definition) is 3. The van der Waals surface area contributed by atoms with Gasteiger partial charge in [-0.25, -0.2) is 4.98 Å². The molecule has 0 bridgehead atoms. The molecule has 1 aliphatic heterocycles. The van der Waals surface area contributed by atoms with Crippen LogP contribution in [0.2, 0.25) is 0 Å². The SMILES string of the molecule is CC(C)Cc1cnc(C2CNC2)[nH]c1=O. The first kappa shape index (κ1) is 10.4. The monoisotopic (exact) mass is 207 g/mol. The summed E-state index contributed by atoms with van der Waals surface area (Å²) in [6.07, 6.45) is 2.53. The molecule has 2 N–H and O–H groups in total. The molecule has 82 valence electrons. The van der Waals surface area contributed by atoms with Gasteiger partial charge >= 0.3 is 0 Å². The van der Waals surface area contributed by atoms with Gasteiger partial charge in [-0.1, -0.05) is 13.8 Å². The van der Waals surface area contributed by atoms with Crippen molar-refractivity contribution in [1.29, 1.82) is 0 Å². The minimum atomic E-state index is 0.0283. The third kappa shape index (κ3) is 2.26. The van der Waals surface area contributed by atoms with Gasteiger partial charge in [0.1, 0.15) is 5.82 Å². The molecular weight excluding hydrogens is 190 g/mol. The fraction of sp³-hybridized carbons (Fsp3) is 0.636. The topological polar surface area (TPSA) is 57.8 Å². The van der Waals surface area contributed by atoms with Crippen LogP contribution in [0, 0.1) is 5.92 Å². The summed E-state index contributed by atoms with van der Waals surface area (Å²) < 4.78 is 0. The lowest BCUT2D eigenvalue weighted by atomic mass is 10.0. The van der Waals surface area contributed by atoms with Crippen molar-refractivity contribution in [1.82, 2.24) is 15.3 Å². The maximum atomic E-state index is 11.7. The van der Waals surface area contributed by atoms with Crippen molar-refractivity contribution in [2.75, 3.05) is 13.1 Å². The quantitative estimate of drug-likeness (QED) is 0.765. The van der Waals surface area contributed by atoms with E-state index in [4.69, 9.17) is 0 Å². The fourth-order valence-corrected chi connectivity index (χ4v) is 1.71. The lowest BCUT2D eigenvalue weighted by molar-refractivity contribution is 0.428. The number of aromatic nitrogens is 2. The zero-order valence-electron chi connectivity index (χ0n) is 9.21. The van der Waals surface area contributed by atoms with Gasteiger partial charge in [0.2, 0.25) is 0 Å². The van der Waals surface area contributed by atoms with E-state index in [0.29, 0.717) is 11.8 Å². The van der Waals surface area contributed by atoms with Gasteiger partial charge in [-0.2, -0.15) is 0 Å². The highest BCUT2D eigenvalue weighted by molar-refractivity contribution is 5.10. The van der Waals surface area contributed by atoms with Gasteiger partial charge in [-0.15, -0.1) is 0 Å². The summed E-state index contributed by atoms with van der Waals surface area (Å²) in [5.74, 6) is 1.71. The molecule has 4 nitrogen and oxygen atoms in total. The molecule has 2 heterocycles. The minimum absolute atomic E-state index is 0.0283. The molecule has 1 aromatic heterocycles. The Morgan fingerprint density at radius 1 is 1.53 bits per heavy atom. The first-order chi connectivity index (χ1) is 7.16. The highest BCUT2D eigenvalue weighted by Gasteiger charge is 2.21. The molecular formula is C11H17N3O. The van der Waals surface area contributed by atoms with Crippen LogP contribution in [0.4, 0.5) is 0 Å². The highest BCUT2D eigenvalue weighted by Crippen LogP contribution is 2.14. The van der Waals surface area contributed by atoms with Crippen molar-refractivity contribution < 1.29 is 0 Å². The van der Waals surface area contributed by atoms with Gasteiger partial charge in [0.05, 0.1) is 0 Å². The Kier molecular flexibility index (Phi) is 2.86. The Labute approximate surface area is 89.1 Å². The fourth-order valence-electron chi connectivity index (χ4n) is 1.71. The Balaban J connectivity index is 2.18. The van der Waals surface area contributed by atoms with Gasteiger partial charge in [-0.05, 0) is 12.3 Å². The van der Waals surface area contributed by atoms with Crippen LogP contribution in [-0.4, -0.2) is 23.1 Å². The van der Waals surface area contributed by atoms with E-state index in [9.17, 15) is 4.79 Å². The molecule has 1 saturated heterocycles. The van der Waals surface area contributed by atoms with Crippen molar-refractivity contribution in [3.05, 3.63) is 27.9 Å². The van der Waals surface area contributed by atoms with Crippen LogP contribution in [0.5, 0.6) is 0 Å². The predicted molar refractivity (Wildman–Crippen MR) is 59.0 cm³/mol. The van der Waals surface area contributed by atoms with E-state index in [2.05, 4.69) is 29.1 Å². The van der Waals surface area contributed by atoms with E-state index in [1.54, 1.807) is 6.20 Å². The molecule has 0 saturated carbocycles. The molecule has 0 aliphatic carbocycles. The number of H-pyrrole nitrogens is 1. The Hall–Kier alpha value is -1.16. The third-order valence-electron chi connectivity index (χ3n) is 2.69. The molecule has 2 rings (SSSR count). The smallest absolute Gasteiger partial charge is 0.254 e. The van der Waals surface area contributed by atoms with E-state index in [1.165, 1.54) is 0 Å². The van der Waals surface area contributed by atoms with Gasteiger partial charge < -0.3 is 10.3 Å². The summed E-state index contributed by atoms with van der Waals surface area (Å²) in [6.45, 7) is 6.05. The summed E-state index contributed by atoms with van der Waals surface area (Å²) in [5, 5.41) is 3.16.